The first-order valence-electron chi connectivity index (χ1n) is 6.02. The molecule has 0 amide bonds. The van der Waals surface area contributed by atoms with Gasteiger partial charge in [0.05, 0.1) is 4.92 Å². The fraction of sp³-hybridized carbons (Fsp3) is 0.500. The first-order chi connectivity index (χ1) is 8.63. The summed E-state index contributed by atoms with van der Waals surface area (Å²) in [6, 6.07) is 5.41. The van der Waals surface area contributed by atoms with Crippen LogP contribution in [0, 0.1) is 10.1 Å². The minimum atomic E-state index is -0.306. The third kappa shape index (κ3) is 2.38. The number of para-hydroxylation sites is 1. The number of nitro benzene ring substituents is 1. The van der Waals surface area contributed by atoms with Gasteiger partial charge >= 0.3 is 5.69 Å². The average Bonchev–Trinajstić information content (AvgIpc) is 2.38. The van der Waals surface area contributed by atoms with Crippen molar-refractivity contribution in [1.82, 2.24) is 4.90 Å². The molecule has 1 fully saturated rings. The molecule has 18 heavy (non-hydrogen) atoms. The van der Waals surface area contributed by atoms with Crippen molar-refractivity contribution >= 4 is 17.1 Å². The van der Waals surface area contributed by atoms with E-state index in [9.17, 15) is 10.1 Å². The predicted octanol–water partition coefficient (Wildman–Crippen LogP) is 1.39. The second kappa shape index (κ2) is 5.22. The van der Waals surface area contributed by atoms with Gasteiger partial charge in [-0.3, -0.25) is 10.1 Å². The van der Waals surface area contributed by atoms with Gasteiger partial charge in [-0.05, 0) is 19.2 Å². The van der Waals surface area contributed by atoms with Crippen molar-refractivity contribution in [2.45, 2.75) is 0 Å². The van der Waals surface area contributed by atoms with Crippen LogP contribution in [0.15, 0.2) is 18.2 Å². The molecule has 6 heteroatoms. The fourth-order valence-electron chi connectivity index (χ4n) is 2.23. The number of hydrogen-bond acceptors (Lipinski definition) is 5. The molecule has 98 valence electrons. The maximum Gasteiger partial charge on any atom is 0.315 e. The quantitative estimate of drug-likeness (QED) is 0.649. The number of piperazine rings is 1. The lowest BCUT2D eigenvalue weighted by Gasteiger charge is -2.33. The topological polar surface area (TPSA) is 61.6 Å². The monoisotopic (exact) mass is 250 g/mol. The molecule has 0 radical (unpaired) electrons. The number of rotatable bonds is 3. The van der Waals surface area contributed by atoms with E-state index in [4.69, 9.17) is 0 Å². The number of anilines is 2. The van der Waals surface area contributed by atoms with Crippen molar-refractivity contribution in [3.8, 4) is 0 Å². The Kier molecular flexibility index (Phi) is 3.66. The number of hydrogen-bond donors (Lipinski definition) is 1. The van der Waals surface area contributed by atoms with E-state index >= 15 is 0 Å². The molecule has 1 aromatic rings. The molecule has 1 saturated heterocycles. The number of nitrogens with zero attached hydrogens (tertiary/aromatic N) is 3. The van der Waals surface area contributed by atoms with Gasteiger partial charge in [0.2, 0.25) is 0 Å². The van der Waals surface area contributed by atoms with Crippen LogP contribution in [0.1, 0.15) is 0 Å². The molecule has 1 aliphatic rings. The number of likely N-dealkylation sites (N-methyl/N-ethyl adjacent to an activating group) is 1. The smallest absolute Gasteiger partial charge is 0.315 e. The summed E-state index contributed by atoms with van der Waals surface area (Å²) in [5.74, 6) is 0. The molecular weight excluding hydrogens is 232 g/mol. The van der Waals surface area contributed by atoms with Crippen LogP contribution >= 0.6 is 0 Å². The zero-order valence-corrected chi connectivity index (χ0v) is 10.7. The summed E-state index contributed by atoms with van der Waals surface area (Å²) in [6.07, 6.45) is 0. The van der Waals surface area contributed by atoms with Crippen molar-refractivity contribution in [2.75, 3.05) is 50.5 Å². The van der Waals surface area contributed by atoms with Gasteiger partial charge < -0.3 is 15.1 Å². The SMILES string of the molecule is CNc1cccc(N2CCN(C)CC2)c1[N+](=O)[O-]. The van der Waals surface area contributed by atoms with Crippen LogP contribution in [0.5, 0.6) is 0 Å². The van der Waals surface area contributed by atoms with E-state index in [1.165, 1.54) is 0 Å². The molecule has 0 aromatic heterocycles. The molecule has 2 rings (SSSR count). The van der Waals surface area contributed by atoms with Gasteiger partial charge in [-0.1, -0.05) is 6.07 Å². The Hall–Kier alpha value is -1.82. The first-order valence-corrected chi connectivity index (χ1v) is 6.02. The Bertz CT molecular complexity index is 442. The van der Waals surface area contributed by atoms with E-state index in [-0.39, 0.29) is 10.6 Å². The van der Waals surface area contributed by atoms with Crippen LogP contribution in [0.25, 0.3) is 0 Å². The molecule has 0 atom stereocenters. The number of benzene rings is 1. The Balaban J connectivity index is 2.35. The summed E-state index contributed by atoms with van der Waals surface area (Å²) >= 11 is 0. The summed E-state index contributed by atoms with van der Waals surface area (Å²) < 4.78 is 0. The summed E-state index contributed by atoms with van der Waals surface area (Å²) in [6.45, 7) is 3.51. The molecule has 0 aliphatic carbocycles. The third-order valence-electron chi connectivity index (χ3n) is 3.31. The first kappa shape index (κ1) is 12.6. The van der Waals surface area contributed by atoms with Crippen LogP contribution in [-0.2, 0) is 0 Å². The van der Waals surface area contributed by atoms with Crippen LogP contribution in [0.3, 0.4) is 0 Å². The Labute approximate surface area is 106 Å². The fourth-order valence-corrected chi connectivity index (χ4v) is 2.23. The van der Waals surface area contributed by atoms with E-state index in [2.05, 4.69) is 22.2 Å². The molecule has 1 aromatic carbocycles. The summed E-state index contributed by atoms with van der Waals surface area (Å²) in [7, 11) is 3.77. The highest BCUT2D eigenvalue weighted by Crippen LogP contribution is 2.35. The van der Waals surface area contributed by atoms with E-state index in [1.54, 1.807) is 13.1 Å². The third-order valence-corrected chi connectivity index (χ3v) is 3.31. The lowest BCUT2D eigenvalue weighted by molar-refractivity contribution is -0.383. The predicted molar refractivity (Wildman–Crippen MR) is 72.4 cm³/mol. The van der Waals surface area contributed by atoms with E-state index < -0.39 is 0 Å². The summed E-state index contributed by atoms with van der Waals surface area (Å²) in [4.78, 5) is 15.2. The van der Waals surface area contributed by atoms with Crippen LogP contribution in [0.2, 0.25) is 0 Å². The largest absolute Gasteiger partial charge is 0.382 e. The molecule has 1 N–H and O–H groups in total. The highest BCUT2D eigenvalue weighted by molar-refractivity contribution is 5.77. The van der Waals surface area contributed by atoms with Crippen LogP contribution < -0.4 is 10.2 Å². The highest BCUT2D eigenvalue weighted by atomic mass is 16.6. The minimum Gasteiger partial charge on any atom is -0.382 e. The summed E-state index contributed by atoms with van der Waals surface area (Å²) in [5, 5.41) is 14.1. The summed E-state index contributed by atoms with van der Waals surface area (Å²) in [5.41, 5.74) is 1.45. The van der Waals surface area contributed by atoms with Gasteiger partial charge in [0.25, 0.3) is 0 Å². The zero-order valence-electron chi connectivity index (χ0n) is 10.7. The molecule has 1 aliphatic heterocycles. The molecule has 0 spiro atoms. The number of nitro groups is 1. The minimum absolute atomic E-state index is 0.171. The second-order valence-electron chi connectivity index (χ2n) is 4.47. The normalized spacial score (nSPS) is 16.7. The Morgan fingerprint density at radius 2 is 1.94 bits per heavy atom. The van der Waals surface area contributed by atoms with Crippen LogP contribution in [0.4, 0.5) is 17.1 Å². The van der Waals surface area contributed by atoms with Crippen molar-refractivity contribution < 1.29 is 4.92 Å². The van der Waals surface area contributed by atoms with Gasteiger partial charge in [0, 0.05) is 33.2 Å². The van der Waals surface area contributed by atoms with Crippen molar-refractivity contribution in [3.05, 3.63) is 28.3 Å². The zero-order chi connectivity index (χ0) is 13.1. The highest BCUT2D eigenvalue weighted by Gasteiger charge is 2.25. The average molecular weight is 250 g/mol. The van der Waals surface area contributed by atoms with Gasteiger partial charge in [-0.2, -0.15) is 0 Å². The van der Waals surface area contributed by atoms with Gasteiger partial charge in [0.15, 0.2) is 0 Å². The van der Waals surface area contributed by atoms with Crippen LogP contribution in [-0.4, -0.2) is 50.1 Å². The molecule has 6 nitrogen and oxygen atoms in total. The maximum absolute atomic E-state index is 11.2. The lowest BCUT2D eigenvalue weighted by Crippen LogP contribution is -2.44. The van der Waals surface area contributed by atoms with E-state index in [1.807, 2.05) is 12.1 Å². The van der Waals surface area contributed by atoms with Gasteiger partial charge in [-0.25, -0.2) is 0 Å². The molecular formula is C12H18N4O2. The van der Waals surface area contributed by atoms with E-state index in [0.29, 0.717) is 11.4 Å². The molecule has 0 bridgehead atoms. The lowest BCUT2D eigenvalue weighted by atomic mass is 10.2. The number of nitrogens with one attached hydrogen (secondary N) is 1. The van der Waals surface area contributed by atoms with Crippen molar-refractivity contribution in [1.29, 1.82) is 0 Å². The maximum atomic E-state index is 11.2. The molecule has 0 saturated carbocycles. The Morgan fingerprint density at radius 1 is 1.28 bits per heavy atom. The molecule has 1 heterocycles. The standard InChI is InChI=1S/C12H18N4O2/c1-13-10-4-3-5-11(12(10)16(17)18)15-8-6-14(2)7-9-15/h3-5,13H,6-9H2,1-2H3. The second-order valence-corrected chi connectivity index (χ2v) is 4.47. The van der Waals surface area contributed by atoms with Crippen molar-refractivity contribution in [3.63, 3.8) is 0 Å². The van der Waals surface area contributed by atoms with Gasteiger partial charge in [0.1, 0.15) is 11.4 Å². The Morgan fingerprint density at radius 3 is 2.50 bits per heavy atom. The molecule has 0 unspecified atom stereocenters. The van der Waals surface area contributed by atoms with Gasteiger partial charge in [-0.15, -0.1) is 0 Å². The van der Waals surface area contributed by atoms with E-state index in [0.717, 1.165) is 26.2 Å². The van der Waals surface area contributed by atoms with Crippen molar-refractivity contribution in [2.24, 2.45) is 0 Å².